The van der Waals surface area contributed by atoms with Gasteiger partial charge in [-0.1, -0.05) is 18.2 Å². The number of rotatable bonds is 5. The van der Waals surface area contributed by atoms with Crippen LogP contribution in [0, 0.1) is 0 Å². The molecule has 5 nitrogen and oxygen atoms in total. The van der Waals surface area contributed by atoms with E-state index in [0.29, 0.717) is 11.3 Å². The summed E-state index contributed by atoms with van der Waals surface area (Å²) in [6.45, 7) is 0. The fourth-order valence-corrected chi connectivity index (χ4v) is 2.42. The highest BCUT2D eigenvalue weighted by molar-refractivity contribution is 7.53. The van der Waals surface area contributed by atoms with Crippen LogP contribution >= 0.6 is 7.60 Å². The van der Waals surface area contributed by atoms with Crippen molar-refractivity contribution in [2.24, 2.45) is 0 Å². The lowest BCUT2D eigenvalue weighted by Gasteiger charge is -2.18. The Morgan fingerprint density at radius 1 is 1.38 bits per heavy atom. The molecule has 6 heteroatoms. The van der Waals surface area contributed by atoms with Crippen LogP contribution in [0.25, 0.3) is 0 Å². The van der Waals surface area contributed by atoms with Crippen LogP contribution in [0.15, 0.2) is 24.3 Å². The fraction of sp³-hybridized carbons (Fsp3) is 0.400. The number of nitrogen functional groups attached to an aromatic ring is 1. The summed E-state index contributed by atoms with van der Waals surface area (Å²) < 4.78 is 21.3. The molecule has 0 saturated heterocycles. The molecule has 0 aliphatic rings. The van der Waals surface area contributed by atoms with E-state index in [9.17, 15) is 9.67 Å². The first-order valence-electron chi connectivity index (χ1n) is 4.75. The van der Waals surface area contributed by atoms with Gasteiger partial charge < -0.3 is 19.9 Å². The quantitative estimate of drug-likeness (QED) is 0.610. The molecule has 0 aliphatic carbocycles. The summed E-state index contributed by atoms with van der Waals surface area (Å²) in [7, 11) is -0.662. The minimum atomic E-state index is -3.23. The highest BCUT2D eigenvalue weighted by atomic mass is 31.2. The summed E-state index contributed by atoms with van der Waals surface area (Å²) >= 11 is 0. The molecule has 0 heterocycles. The number of anilines is 1. The number of benzene rings is 1. The van der Waals surface area contributed by atoms with E-state index in [0.717, 1.165) is 0 Å². The number of para-hydroxylation sites is 1. The third-order valence-electron chi connectivity index (χ3n) is 2.31. The van der Waals surface area contributed by atoms with Crippen LogP contribution < -0.4 is 5.73 Å². The van der Waals surface area contributed by atoms with E-state index in [2.05, 4.69) is 0 Å². The van der Waals surface area contributed by atoms with Gasteiger partial charge in [-0.25, -0.2) is 0 Å². The molecule has 16 heavy (non-hydrogen) atoms. The van der Waals surface area contributed by atoms with Gasteiger partial charge >= 0.3 is 7.60 Å². The van der Waals surface area contributed by atoms with Crippen molar-refractivity contribution >= 4 is 13.3 Å². The van der Waals surface area contributed by atoms with E-state index >= 15 is 0 Å². The minimum Gasteiger partial charge on any atom is -0.398 e. The predicted octanol–water partition coefficient (Wildman–Crippen LogP) is 1.79. The summed E-state index contributed by atoms with van der Waals surface area (Å²) in [5.74, 6) is 0. The zero-order valence-corrected chi connectivity index (χ0v) is 10.2. The van der Waals surface area contributed by atoms with E-state index in [1.807, 2.05) is 0 Å². The summed E-state index contributed by atoms with van der Waals surface area (Å²) in [6, 6.07) is 6.86. The van der Waals surface area contributed by atoms with E-state index < -0.39 is 13.7 Å². The Morgan fingerprint density at radius 3 is 2.44 bits per heavy atom. The molecule has 90 valence electrons. The van der Waals surface area contributed by atoms with E-state index in [1.165, 1.54) is 14.2 Å². The topological polar surface area (TPSA) is 81.8 Å². The third kappa shape index (κ3) is 3.06. The van der Waals surface area contributed by atoms with Crippen LogP contribution in [0.3, 0.4) is 0 Å². The number of aliphatic hydroxyl groups excluding tert-OH is 1. The molecule has 0 bridgehead atoms. The lowest BCUT2D eigenvalue weighted by Crippen LogP contribution is -2.08. The van der Waals surface area contributed by atoms with Gasteiger partial charge in [0.1, 0.15) is 0 Å². The molecule has 3 N–H and O–H groups in total. The molecule has 0 aliphatic heterocycles. The Bertz CT molecular complexity index is 388. The first-order chi connectivity index (χ1) is 7.52. The van der Waals surface area contributed by atoms with Gasteiger partial charge in [0, 0.05) is 25.5 Å². The summed E-state index contributed by atoms with van der Waals surface area (Å²) in [5.41, 5.74) is 6.67. The minimum absolute atomic E-state index is 0.117. The molecular formula is C10H16NO4P. The average Bonchev–Trinajstić information content (AvgIpc) is 2.29. The van der Waals surface area contributed by atoms with E-state index in [1.54, 1.807) is 24.3 Å². The van der Waals surface area contributed by atoms with Crippen LogP contribution in [-0.4, -0.2) is 25.5 Å². The summed E-state index contributed by atoms with van der Waals surface area (Å²) in [6.07, 6.45) is -1.08. The second-order valence-electron chi connectivity index (χ2n) is 3.30. The smallest absolute Gasteiger partial charge is 0.333 e. The largest absolute Gasteiger partial charge is 0.398 e. The molecule has 0 unspecified atom stereocenters. The molecule has 0 saturated carbocycles. The Labute approximate surface area is 94.7 Å². The molecule has 1 aromatic rings. The van der Waals surface area contributed by atoms with E-state index in [4.69, 9.17) is 14.8 Å². The monoisotopic (exact) mass is 245 g/mol. The van der Waals surface area contributed by atoms with Crippen molar-refractivity contribution in [3.05, 3.63) is 29.8 Å². The molecule has 0 amide bonds. The van der Waals surface area contributed by atoms with Gasteiger partial charge in [-0.3, -0.25) is 4.57 Å². The summed E-state index contributed by atoms with van der Waals surface area (Å²) in [4.78, 5) is 0. The molecule has 0 fully saturated rings. The zero-order chi connectivity index (χ0) is 12.2. The highest BCUT2D eigenvalue weighted by Crippen LogP contribution is 2.49. The molecular weight excluding hydrogens is 229 g/mol. The number of hydrogen-bond donors (Lipinski definition) is 2. The number of hydrogen-bond acceptors (Lipinski definition) is 5. The van der Waals surface area contributed by atoms with Gasteiger partial charge in [-0.2, -0.15) is 0 Å². The van der Waals surface area contributed by atoms with Crippen molar-refractivity contribution < 1.29 is 18.7 Å². The second-order valence-corrected chi connectivity index (χ2v) is 5.62. The summed E-state index contributed by atoms with van der Waals surface area (Å²) in [5, 5.41) is 9.89. The maximum absolute atomic E-state index is 11.8. The van der Waals surface area contributed by atoms with Crippen molar-refractivity contribution in [3.8, 4) is 0 Å². The first-order valence-corrected chi connectivity index (χ1v) is 6.48. The SMILES string of the molecule is COP(=O)(C[C@H](O)c1ccccc1N)OC. The molecule has 0 radical (unpaired) electrons. The highest BCUT2D eigenvalue weighted by Gasteiger charge is 2.27. The van der Waals surface area contributed by atoms with Crippen LogP contribution in [-0.2, 0) is 13.6 Å². The van der Waals surface area contributed by atoms with Gasteiger partial charge in [0.2, 0.25) is 0 Å². The average molecular weight is 245 g/mol. The first kappa shape index (κ1) is 13.2. The Morgan fingerprint density at radius 2 is 1.94 bits per heavy atom. The normalized spacial score (nSPS) is 13.7. The lowest BCUT2D eigenvalue weighted by molar-refractivity contribution is 0.184. The standard InChI is InChI=1S/C10H16NO4P/c1-14-16(13,15-2)7-10(12)8-5-3-4-6-9(8)11/h3-6,10,12H,7,11H2,1-2H3/t10-/m0/s1. The second kappa shape index (κ2) is 5.46. The molecule has 0 spiro atoms. The van der Waals surface area contributed by atoms with Crippen LogP contribution in [0.2, 0.25) is 0 Å². The number of aliphatic hydroxyl groups is 1. The zero-order valence-electron chi connectivity index (χ0n) is 9.29. The fourth-order valence-electron chi connectivity index (χ4n) is 1.35. The maximum Gasteiger partial charge on any atom is 0.333 e. The van der Waals surface area contributed by atoms with Crippen LogP contribution in [0.4, 0.5) is 5.69 Å². The van der Waals surface area contributed by atoms with E-state index in [-0.39, 0.29) is 6.16 Å². The predicted molar refractivity (Wildman–Crippen MR) is 62.3 cm³/mol. The van der Waals surface area contributed by atoms with Crippen molar-refractivity contribution in [3.63, 3.8) is 0 Å². The molecule has 1 aromatic carbocycles. The third-order valence-corrected chi connectivity index (χ3v) is 4.21. The van der Waals surface area contributed by atoms with Gasteiger partial charge in [-0.15, -0.1) is 0 Å². The Kier molecular flexibility index (Phi) is 4.50. The van der Waals surface area contributed by atoms with Gasteiger partial charge in [0.25, 0.3) is 0 Å². The van der Waals surface area contributed by atoms with Crippen LogP contribution in [0.1, 0.15) is 11.7 Å². The van der Waals surface area contributed by atoms with Crippen molar-refractivity contribution in [2.45, 2.75) is 6.10 Å². The Hall–Kier alpha value is -0.870. The molecule has 0 aromatic heterocycles. The number of nitrogens with two attached hydrogens (primary N) is 1. The molecule has 1 atom stereocenters. The van der Waals surface area contributed by atoms with Crippen molar-refractivity contribution in [2.75, 3.05) is 26.1 Å². The maximum atomic E-state index is 11.8. The Balaban J connectivity index is 2.84. The van der Waals surface area contributed by atoms with Crippen molar-refractivity contribution in [1.29, 1.82) is 0 Å². The van der Waals surface area contributed by atoms with Gasteiger partial charge in [0.05, 0.1) is 12.3 Å². The van der Waals surface area contributed by atoms with Crippen molar-refractivity contribution in [1.82, 2.24) is 0 Å². The molecule has 1 rings (SSSR count). The van der Waals surface area contributed by atoms with Gasteiger partial charge in [-0.05, 0) is 6.07 Å². The van der Waals surface area contributed by atoms with Gasteiger partial charge in [0.15, 0.2) is 0 Å². The van der Waals surface area contributed by atoms with Crippen LogP contribution in [0.5, 0.6) is 0 Å². The lowest BCUT2D eigenvalue weighted by atomic mass is 10.1.